The molecule has 2 rings (SSSR count). The van der Waals surface area contributed by atoms with Gasteiger partial charge in [-0.05, 0) is 41.7 Å². The smallest absolute Gasteiger partial charge is 0.220 e. The Bertz CT molecular complexity index is 1090. The average Bonchev–Trinajstić information content (AvgIpc) is 2.84. The molecular formula is C27H36N2O5S. The molecule has 0 spiro atoms. The summed E-state index contributed by atoms with van der Waals surface area (Å²) in [6, 6.07) is 13.5. The van der Waals surface area contributed by atoms with E-state index in [1.54, 1.807) is 12.1 Å². The molecule has 0 aromatic heterocycles. The van der Waals surface area contributed by atoms with Crippen molar-refractivity contribution in [3.05, 3.63) is 65.2 Å². The second-order valence-corrected chi connectivity index (χ2v) is 10.7. The van der Waals surface area contributed by atoms with Gasteiger partial charge in [0, 0.05) is 25.8 Å². The maximum Gasteiger partial charge on any atom is 0.220 e. The molecule has 0 atom stereocenters. The lowest BCUT2D eigenvalue weighted by molar-refractivity contribution is -0.125. The monoisotopic (exact) mass is 500 g/mol. The van der Waals surface area contributed by atoms with E-state index in [0.29, 0.717) is 19.4 Å². The number of rotatable bonds is 16. The van der Waals surface area contributed by atoms with Crippen molar-refractivity contribution in [3.8, 4) is 0 Å². The normalized spacial score (nSPS) is 11.3. The SMILES string of the molecule is CCCCCCC(=O)NCC(=O)Cc1ccccc1CCC(=O)CS(=O)(=O)c1ccc(CN)cc1. The molecule has 0 radical (unpaired) electrons. The summed E-state index contributed by atoms with van der Waals surface area (Å²) in [5.74, 6) is -1.19. The Hall–Kier alpha value is -2.84. The number of benzene rings is 2. The number of amides is 1. The molecule has 7 nitrogen and oxygen atoms in total. The molecule has 0 bridgehead atoms. The Morgan fingerprint density at radius 2 is 1.54 bits per heavy atom. The van der Waals surface area contributed by atoms with Crippen molar-refractivity contribution in [2.45, 2.75) is 69.7 Å². The molecule has 8 heteroatoms. The summed E-state index contributed by atoms with van der Waals surface area (Å²) in [5.41, 5.74) is 7.96. The second kappa shape index (κ2) is 14.5. The molecule has 0 fully saturated rings. The number of nitrogens with two attached hydrogens (primary N) is 1. The van der Waals surface area contributed by atoms with Gasteiger partial charge in [0.15, 0.2) is 15.6 Å². The predicted octanol–water partition coefficient (Wildman–Crippen LogP) is 3.32. The first-order valence-electron chi connectivity index (χ1n) is 12.1. The highest BCUT2D eigenvalue weighted by Crippen LogP contribution is 2.16. The van der Waals surface area contributed by atoms with Gasteiger partial charge < -0.3 is 11.1 Å². The van der Waals surface area contributed by atoms with Crippen LogP contribution in [0.3, 0.4) is 0 Å². The van der Waals surface area contributed by atoms with Crippen LogP contribution in [-0.2, 0) is 43.6 Å². The molecule has 0 unspecified atom stereocenters. The van der Waals surface area contributed by atoms with Crippen LogP contribution in [0.4, 0.5) is 0 Å². The van der Waals surface area contributed by atoms with E-state index in [0.717, 1.165) is 42.4 Å². The van der Waals surface area contributed by atoms with Crippen LogP contribution in [0.15, 0.2) is 53.4 Å². The first-order valence-corrected chi connectivity index (χ1v) is 13.8. The minimum Gasteiger partial charge on any atom is -0.349 e. The molecule has 1 amide bonds. The van der Waals surface area contributed by atoms with Gasteiger partial charge in [0.1, 0.15) is 11.5 Å². The van der Waals surface area contributed by atoms with E-state index in [2.05, 4.69) is 12.2 Å². The molecule has 190 valence electrons. The highest BCUT2D eigenvalue weighted by molar-refractivity contribution is 7.92. The lowest BCUT2D eigenvalue weighted by Crippen LogP contribution is -2.30. The Labute approximate surface area is 208 Å². The maximum atomic E-state index is 12.6. The van der Waals surface area contributed by atoms with Gasteiger partial charge in [-0.3, -0.25) is 14.4 Å². The minimum absolute atomic E-state index is 0.0267. The number of hydrogen-bond acceptors (Lipinski definition) is 6. The number of unbranched alkanes of at least 4 members (excludes halogenated alkanes) is 3. The van der Waals surface area contributed by atoms with Crippen LogP contribution in [0.5, 0.6) is 0 Å². The fourth-order valence-corrected chi connectivity index (χ4v) is 5.01. The third-order valence-corrected chi connectivity index (χ3v) is 7.48. The quantitative estimate of drug-likeness (QED) is 0.341. The summed E-state index contributed by atoms with van der Waals surface area (Å²) in [7, 11) is -3.73. The van der Waals surface area contributed by atoms with Crippen molar-refractivity contribution in [1.82, 2.24) is 5.32 Å². The van der Waals surface area contributed by atoms with Crippen LogP contribution < -0.4 is 11.1 Å². The molecule has 0 saturated carbocycles. The first kappa shape index (κ1) is 28.4. The topological polar surface area (TPSA) is 123 Å². The van der Waals surface area contributed by atoms with E-state index in [4.69, 9.17) is 5.73 Å². The number of carbonyl (C=O) groups excluding carboxylic acids is 3. The Morgan fingerprint density at radius 1 is 0.857 bits per heavy atom. The number of nitrogens with one attached hydrogen (secondary N) is 1. The fraction of sp³-hybridized carbons (Fsp3) is 0.444. The average molecular weight is 501 g/mol. The Kier molecular flexibility index (Phi) is 11.8. The predicted molar refractivity (Wildman–Crippen MR) is 137 cm³/mol. The number of carbonyl (C=O) groups is 3. The molecule has 0 heterocycles. The lowest BCUT2D eigenvalue weighted by Gasteiger charge is -2.10. The molecule has 35 heavy (non-hydrogen) atoms. The number of Topliss-reactive ketones (excluding diaryl/α,β-unsaturated/α-hetero) is 2. The number of ketones is 2. The molecule has 0 aliphatic rings. The van der Waals surface area contributed by atoms with E-state index in [1.165, 1.54) is 12.1 Å². The van der Waals surface area contributed by atoms with E-state index in [9.17, 15) is 22.8 Å². The van der Waals surface area contributed by atoms with Crippen LogP contribution in [0, 0.1) is 0 Å². The van der Waals surface area contributed by atoms with Crippen LogP contribution in [0.25, 0.3) is 0 Å². The van der Waals surface area contributed by atoms with Gasteiger partial charge >= 0.3 is 0 Å². The minimum atomic E-state index is -3.73. The molecular weight excluding hydrogens is 464 g/mol. The lowest BCUT2D eigenvalue weighted by atomic mass is 9.98. The zero-order valence-corrected chi connectivity index (χ0v) is 21.2. The molecule has 0 aliphatic carbocycles. The first-order chi connectivity index (χ1) is 16.7. The third-order valence-electron chi connectivity index (χ3n) is 5.79. The molecule has 2 aromatic carbocycles. The van der Waals surface area contributed by atoms with Gasteiger partial charge in [-0.25, -0.2) is 8.42 Å². The van der Waals surface area contributed by atoms with E-state index < -0.39 is 15.6 Å². The van der Waals surface area contributed by atoms with Crippen LogP contribution in [0.1, 0.15) is 62.1 Å². The highest BCUT2D eigenvalue weighted by Gasteiger charge is 2.19. The Morgan fingerprint density at radius 3 is 2.20 bits per heavy atom. The molecule has 3 N–H and O–H groups in total. The summed E-state index contributed by atoms with van der Waals surface area (Å²) >= 11 is 0. The Balaban J connectivity index is 1.86. The maximum absolute atomic E-state index is 12.6. The van der Waals surface area contributed by atoms with Crippen molar-refractivity contribution >= 4 is 27.3 Å². The van der Waals surface area contributed by atoms with Crippen molar-refractivity contribution in [1.29, 1.82) is 0 Å². The van der Waals surface area contributed by atoms with E-state index in [-0.39, 0.29) is 41.8 Å². The summed E-state index contributed by atoms with van der Waals surface area (Å²) in [5, 5.41) is 2.68. The molecule has 0 aliphatic heterocycles. The highest BCUT2D eigenvalue weighted by atomic mass is 32.2. The second-order valence-electron chi connectivity index (χ2n) is 8.72. The summed E-state index contributed by atoms with van der Waals surface area (Å²) in [6.45, 7) is 2.39. The fourth-order valence-electron chi connectivity index (χ4n) is 3.72. The van der Waals surface area contributed by atoms with Gasteiger partial charge in [0.2, 0.25) is 5.91 Å². The van der Waals surface area contributed by atoms with Gasteiger partial charge in [0.25, 0.3) is 0 Å². The zero-order valence-electron chi connectivity index (χ0n) is 20.4. The number of aryl methyl sites for hydroxylation is 1. The zero-order chi connectivity index (χ0) is 25.7. The summed E-state index contributed by atoms with van der Waals surface area (Å²) in [6.07, 6.45) is 4.99. The summed E-state index contributed by atoms with van der Waals surface area (Å²) in [4.78, 5) is 36.9. The van der Waals surface area contributed by atoms with Crippen molar-refractivity contribution in [2.24, 2.45) is 5.73 Å². The van der Waals surface area contributed by atoms with E-state index in [1.807, 2.05) is 24.3 Å². The van der Waals surface area contributed by atoms with E-state index >= 15 is 0 Å². The van der Waals surface area contributed by atoms with Gasteiger partial charge in [-0.1, -0.05) is 62.6 Å². The van der Waals surface area contributed by atoms with Crippen LogP contribution in [0.2, 0.25) is 0 Å². The van der Waals surface area contributed by atoms with Crippen molar-refractivity contribution in [2.75, 3.05) is 12.3 Å². The molecule has 2 aromatic rings. The van der Waals surface area contributed by atoms with Gasteiger partial charge in [-0.2, -0.15) is 0 Å². The number of sulfone groups is 1. The van der Waals surface area contributed by atoms with Crippen LogP contribution >= 0.6 is 0 Å². The third kappa shape index (κ3) is 10.1. The van der Waals surface area contributed by atoms with Gasteiger partial charge in [-0.15, -0.1) is 0 Å². The number of hydrogen-bond donors (Lipinski definition) is 2. The largest absolute Gasteiger partial charge is 0.349 e. The molecule has 0 saturated heterocycles. The summed E-state index contributed by atoms with van der Waals surface area (Å²) < 4.78 is 25.1. The standard InChI is InChI=1S/C27H36N2O5S/c1-2-3-4-5-10-27(32)29-19-25(31)17-23-9-7-6-8-22(23)13-14-24(30)20-35(33,34)26-15-11-21(18-28)12-16-26/h6-9,11-12,15-16H,2-5,10,13-14,17-20,28H2,1H3,(H,29,32). The van der Waals surface area contributed by atoms with Crippen molar-refractivity contribution < 1.29 is 22.8 Å². The van der Waals surface area contributed by atoms with Gasteiger partial charge in [0.05, 0.1) is 11.4 Å². The van der Waals surface area contributed by atoms with Crippen molar-refractivity contribution in [3.63, 3.8) is 0 Å². The van der Waals surface area contributed by atoms with Crippen LogP contribution in [-0.4, -0.2) is 38.2 Å².